The van der Waals surface area contributed by atoms with Crippen molar-refractivity contribution in [1.29, 1.82) is 0 Å². The Morgan fingerprint density at radius 2 is 2.03 bits per heavy atom. The van der Waals surface area contributed by atoms with E-state index in [9.17, 15) is 14.3 Å². The Labute approximate surface area is 171 Å². The van der Waals surface area contributed by atoms with E-state index in [1.807, 2.05) is 36.1 Å². The number of piperidine rings is 1. The van der Waals surface area contributed by atoms with Gasteiger partial charge >= 0.3 is 0 Å². The Hall–Kier alpha value is -2.40. The largest absolute Gasteiger partial charge is 0.494 e. The lowest BCUT2D eigenvalue weighted by Crippen LogP contribution is -2.56. The van der Waals surface area contributed by atoms with Gasteiger partial charge in [-0.25, -0.2) is 4.39 Å². The Morgan fingerprint density at radius 1 is 1.21 bits per heavy atom. The third-order valence-corrected chi connectivity index (χ3v) is 6.44. The number of hydrogen-bond acceptors (Lipinski definition) is 3. The van der Waals surface area contributed by atoms with Gasteiger partial charge in [0.05, 0.1) is 18.2 Å². The van der Waals surface area contributed by atoms with Crippen molar-refractivity contribution in [3.8, 4) is 5.75 Å². The third-order valence-electron chi connectivity index (χ3n) is 6.44. The number of fused-ring (bicyclic) bond motifs is 1. The average molecular weight is 397 g/mol. The number of aliphatic hydroxyl groups is 1. The summed E-state index contributed by atoms with van der Waals surface area (Å²) < 4.78 is 19.7. The van der Waals surface area contributed by atoms with Gasteiger partial charge in [0, 0.05) is 23.6 Å². The number of benzene rings is 2. The number of halogens is 1. The number of carbonyl (C=O) groups is 1. The molecule has 2 aromatic rings. The zero-order chi connectivity index (χ0) is 20.4. The van der Waals surface area contributed by atoms with E-state index in [-0.39, 0.29) is 17.9 Å². The molecular formula is C24H28FNO3. The highest BCUT2D eigenvalue weighted by Crippen LogP contribution is 2.51. The molecule has 1 heterocycles. The van der Waals surface area contributed by atoms with E-state index < -0.39 is 11.4 Å². The fraction of sp³-hybridized carbons (Fsp3) is 0.458. The lowest BCUT2D eigenvalue weighted by Gasteiger charge is -2.52. The van der Waals surface area contributed by atoms with Gasteiger partial charge in [0.1, 0.15) is 11.6 Å². The lowest BCUT2D eigenvalue weighted by atomic mass is 9.66. The van der Waals surface area contributed by atoms with Gasteiger partial charge in [0.2, 0.25) is 0 Å². The number of carbonyl (C=O) groups excluding carboxylic acids is 1. The molecule has 2 aliphatic rings. The molecule has 2 aromatic carbocycles. The van der Waals surface area contributed by atoms with Crippen LogP contribution in [0.15, 0.2) is 48.5 Å². The fourth-order valence-electron chi connectivity index (χ4n) is 5.09. The van der Waals surface area contributed by atoms with Crippen LogP contribution in [0, 0.1) is 11.7 Å². The number of likely N-dealkylation sites (tertiary alicyclic amines) is 1. The average Bonchev–Trinajstić information content (AvgIpc) is 2.73. The standard InChI is InChI=1S/C24H28FNO3/c1-2-29-21-12-4-3-10-19(21)22-20-11-5-6-13-24(20,28)14-15-26(22)23(27)17-8-7-9-18(25)16-17/h3-4,7-10,12,16,20,22,28H,2,5-6,11,13-15H2,1H3/t20-,22-,24+/m1/s1. The van der Waals surface area contributed by atoms with Crippen molar-refractivity contribution in [3.05, 3.63) is 65.5 Å². The van der Waals surface area contributed by atoms with Gasteiger partial charge in [-0.05, 0) is 50.5 Å². The molecule has 1 N–H and O–H groups in total. The Bertz CT molecular complexity index is 886. The summed E-state index contributed by atoms with van der Waals surface area (Å²) in [4.78, 5) is 15.2. The Kier molecular flexibility index (Phi) is 5.59. The second-order valence-corrected chi connectivity index (χ2v) is 8.13. The molecule has 1 amide bonds. The van der Waals surface area contributed by atoms with Crippen molar-refractivity contribution >= 4 is 5.91 Å². The first kappa shape index (κ1) is 19.9. The summed E-state index contributed by atoms with van der Waals surface area (Å²) in [5.74, 6) is 0.0534. The van der Waals surface area contributed by atoms with Crippen LogP contribution in [0.5, 0.6) is 5.75 Å². The van der Waals surface area contributed by atoms with E-state index >= 15 is 0 Å². The zero-order valence-corrected chi connectivity index (χ0v) is 16.8. The normalized spacial score (nSPS) is 26.7. The van der Waals surface area contributed by atoms with Gasteiger partial charge in [-0.2, -0.15) is 0 Å². The van der Waals surface area contributed by atoms with Crippen LogP contribution in [0.2, 0.25) is 0 Å². The highest BCUT2D eigenvalue weighted by Gasteiger charge is 2.50. The van der Waals surface area contributed by atoms with E-state index in [0.29, 0.717) is 25.1 Å². The molecule has 3 atom stereocenters. The zero-order valence-electron chi connectivity index (χ0n) is 16.8. The molecule has 154 valence electrons. The molecule has 29 heavy (non-hydrogen) atoms. The van der Waals surface area contributed by atoms with Crippen molar-refractivity contribution in [1.82, 2.24) is 4.90 Å². The number of nitrogens with zero attached hydrogens (tertiary/aromatic N) is 1. The lowest BCUT2D eigenvalue weighted by molar-refractivity contribution is -0.115. The summed E-state index contributed by atoms with van der Waals surface area (Å²) in [6, 6.07) is 13.3. The molecule has 5 heteroatoms. The molecule has 1 aliphatic heterocycles. The highest BCUT2D eigenvalue weighted by molar-refractivity contribution is 5.94. The maximum absolute atomic E-state index is 13.8. The van der Waals surface area contributed by atoms with Gasteiger partial charge in [0.25, 0.3) is 5.91 Å². The van der Waals surface area contributed by atoms with Gasteiger partial charge in [0.15, 0.2) is 0 Å². The van der Waals surface area contributed by atoms with E-state index in [1.165, 1.54) is 12.1 Å². The summed E-state index contributed by atoms with van der Waals surface area (Å²) in [6.07, 6.45) is 4.19. The SMILES string of the molecule is CCOc1ccccc1[C@@H]1[C@H]2CCCC[C@]2(O)CCN1C(=O)c1cccc(F)c1. The Morgan fingerprint density at radius 3 is 2.83 bits per heavy atom. The number of para-hydroxylation sites is 1. The number of rotatable bonds is 4. The molecule has 0 radical (unpaired) electrons. The molecule has 1 saturated heterocycles. The van der Waals surface area contributed by atoms with Crippen LogP contribution in [0.3, 0.4) is 0 Å². The van der Waals surface area contributed by atoms with Crippen molar-refractivity contribution in [2.75, 3.05) is 13.2 Å². The van der Waals surface area contributed by atoms with Crippen LogP contribution in [-0.2, 0) is 0 Å². The Balaban J connectivity index is 1.79. The molecule has 0 bridgehead atoms. The molecule has 0 spiro atoms. The fourth-order valence-corrected chi connectivity index (χ4v) is 5.09. The van der Waals surface area contributed by atoms with Crippen molar-refractivity contribution < 1.29 is 19.0 Å². The van der Waals surface area contributed by atoms with Crippen molar-refractivity contribution in [2.24, 2.45) is 5.92 Å². The molecule has 0 aromatic heterocycles. The molecule has 1 aliphatic carbocycles. The number of amides is 1. The van der Waals surface area contributed by atoms with Crippen LogP contribution in [0.25, 0.3) is 0 Å². The summed E-state index contributed by atoms with van der Waals surface area (Å²) in [6.45, 7) is 2.90. The van der Waals surface area contributed by atoms with Crippen molar-refractivity contribution in [3.63, 3.8) is 0 Å². The van der Waals surface area contributed by atoms with E-state index in [2.05, 4.69) is 0 Å². The smallest absolute Gasteiger partial charge is 0.254 e. The molecular weight excluding hydrogens is 369 g/mol. The minimum Gasteiger partial charge on any atom is -0.494 e. The molecule has 0 unspecified atom stereocenters. The maximum Gasteiger partial charge on any atom is 0.254 e. The predicted molar refractivity (Wildman–Crippen MR) is 109 cm³/mol. The van der Waals surface area contributed by atoms with E-state index in [4.69, 9.17) is 4.74 Å². The first-order valence-electron chi connectivity index (χ1n) is 10.5. The van der Waals surface area contributed by atoms with Crippen LogP contribution >= 0.6 is 0 Å². The second-order valence-electron chi connectivity index (χ2n) is 8.13. The number of hydrogen-bond donors (Lipinski definition) is 1. The summed E-state index contributed by atoms with van der Waals surface area (Å²) >= 11 is 0. The highest BCUT2D eigenvalue weighted by atomic mass is 19.1. The van der Waals surface area contributed by atoms with Crippen LogP contribution in [0.1, 0.15) is 61.0 Å². The minimum atomic E-state index is -0.777. The van der Waals surface area contributed by atoms with Crippen LogP contribution < -0.4 is 4.74 Å². The molecule has 2 fully saturated rings. The molecule has 4 rings (SSSR count). The topological polar surface area (TPSA) is 49.8 Å². The van der Waals surface area contributed by atoms with E-state index in [0.717, 1.165) is 37.0 Å². The first-order chi connectivity index (χ1) is 14.0. The van der Waals surface area contributed by atoms with Gasteiger partial charge < -0.3 is 14.7 Å². The maximum atomic E-state index is 13.8. The van der Waals surface area contributed by atoms with E-state index in [1.54, 1.807) is 12.1 Å². The molecule has 1 saturated carbocycles. The van der Waals surface area contributed by atoms with Gasteiger partial charge in [-0.3, -0.25) is 4.79 Å². The third kappa shape index (κ3) is 3.76. The second kappa shape index (κ2) is 8.15. The van der Waals surface area contributed by atoms with Crippen molar-refractivity contribution in [2.45, 2.75) is 50.7 Å². The quantitative estimate of drug-likeness (QED) is 0.811. The van der Waals surface area contributed by atoms with Crippen LogP contribution in [-0.4, -0.2) is 34.7 Å². The predicted octanol–water partition coefficient (Wildman–Crippen LogP) is 4.73. The first-order valence-corrected chi connectivity index (χ1v) is 10.5. The summed E-state index contributed by atoms with van der Waals surface area (Å²) in [7, 11) is 0. The summed E-state index contributed by atoms with van der Waals surface area (Å²) in [5, 5.41) is 11.4. The van der Waals surface area contributed by atoms with Gasteiger partial charge in [-0.1, -0.05) is 37.1 Å². The monoisotopic (exact) mass is 397 g/mol. The minimum absolute atomic E-state index is 0.0656. The molecule has 4 nitrogen and oxygen atoms in total. The number of ether oxygens (including phenoxy) is 1. The van der Waals surface area contributed by atoms with Crippen LogP contribution in [0.4, 0.5) is 4.39 Å². The van der Waals surface area contributed by atoms with Gasteiger partial charge in [-0.15, -0.1) is 0 Å². The summed E-state index contributed by atoms with van der Waals surface area (Å²) in [5.41, 5.74) is 0.482.